The topological polar surface area (TPSA) is 90.0 Å². The largest absolute Gasteiger partial charge is 0.326 e. The van der Waals surface area contributed by atoms with Crippen molar-refractivity contribution in [1.82, 2.24) is 14.5 Å². The average molecular weight is 373 g/mol. The van der Waals surface area contributed by atoms with E-state index in [1.807, 2.05) is 13.1 Å². The van der Waals surface area contributed by atoms with Crippen molar-refractivity contribution < 1.29 is 8.42 Å². The van der Waals surface area contributed by atoms with E-state index in [4.69, 9.17) is 5.73 Å². The van der Waals surface area contributed by atoms with E-state index in [1.165, 1.54) is 0 Å². The summed E-state index contributed by atoms with van der Waals surface area (Å²) in [5.74, 6) is 0. The van der Waals surface area contributed by atoms with Gasteiger partial charge in [0.25, 0.3) is 0 Å². The third-order valence-electron chi connectivity index (χ3n) is 3.12. The highest BCUT2D eigenvalue weighted by Gasteiger charge is 2.17. The molecule has 0 aliphatic carbocycles. The molecule has 114 valence electrons. The molecule has 0 aliphatic rings. The number of benzene rings is 1. The molecule has 1 aromatic carbocycles. The zero-order valence-corrected chi connectivity index (χ0v) is 14.0. The van der Waals surface area contributed by atoms with Crippen molar-refractivity contribution in [3.63, 3.8) is 0 Å². The number of rotatable bonds is 6. The lowest BCUT2D eigenvalue weighted by Gasteiger charge is -2.10. The Hall–Kier alpha value is -1.22. The summed E-state index contributed by atoms with van der Waals surface area (Å²) in [7, 11) is -1.75. The summed E-state index contributed by atoms with van der Waals surface area (Å²) >= 11 is 3.26. The molecule has 0 radical (unpaired) electrons. The fraction of sp³-hybridized carbons (Fsp3) is 0.308. The number of halogens is 1. The van der Waals surface area contributed by atoms with Crippen LogP contribution >= 0.6 is 15.9 Å². The third-order valence-corrected chi connectivity index (χ3v) is 5.57. The van der Waals surface area contributed by atoms with E-state index in [2.05, 4.69) is 25.8 Å². The maximum Gasteiger partial charge on any atom is 0.241 e. The molecule has 0 unspecified atom stereocenters. The molecule has 0 bridgehead atoms. The highest BCUT2D eigenvalue weighted by atomic mass is 79.9. The zero-order chi connectivity index (χ0) is 15.5. The Morgan fingerprint density at radius 2 is 2.14 bits per heavy atom. The minimum atomic E-state index is -3.57. The summed E-state index contributed by atoms with van der Waals surface area (Å²) in [6.07, 6.45) is 2.26. The van der Waals surface area contributed by atoms with Crippen molar-refractivity contribution in [3.8, 4) is 0 Å². The summed E-state index contributed by atoms with van der Waals surface area (Å²) in [5.41, 5.74) is 7.29. The molecule has 1 heterocycles. The molecule has 0 spiro atoms. The number of hydrogen-bond acceptors (Lipinski definition) is 4. The van der Waals surface area contributed by atoms with Gasteiger partial charge in [-0.15, -0.1) is 0 Å². The Bertz CT molecular complexity index is 728. The van der Waals surface area contributed by atoms with Gasteiger partial charge >= 0.3 is 0 Å². The van der Waals surface area contributed by atoms with Gasteiger partial charge in [0.2, 0.25) is 10.0 Å². The Morgan fingerprint density at radius 3 is 2.76 bits per heavy atom. The molecule has 0 amide bonds. The fourth-order valence-electron chi connectivity index (χ4n) is 1.92. The van der Waals surface area contributed by atoms with Gasteiger partial charge < -0.3 is 5.73 Å². The number of nitrogens with one attached hydrogen (secondary N) is 1. The van der Waals surface area contributed by atoms with E-state index in [9.17, 15) is 8.42 Å². The van der Waals surface area contributed by atoms with E-state index in [-0.39, 0.29) is 4.90 Å². The number of aryl methyl sites for hydroxylation is 1. The molecular formula is C13H17BrN4O2S. The van der Waals surface area contributed by atoms with Crippen LogP contribution in [0.2, 0.25) is 0 Å². The Morgan fingerprint density at radius 1 is 1.38 bits per heavy atom. The smallest absolute Gasteiger partial charge is 0.241 e. The van der Waals surface area contributed by atoms with Gasteiger partial charge in [0.05, 0.1) is 4.90 Å². The average Bonchev–Trinajstić information content (AvgIpc) is 2.84. The van der Waals surface area contributed by atoms with Crippen LogP contribution in [0.3, 0.4) is 0 Å². The first-order valence-electron chi connectivity index (χ1n) is 6.39. The lowest BCUT2D eigenvalue weighted by Crippen LogP contribution is -2.27. The van der Waals surface area contributed by atoms with E-state index in [0.717, 1.165) is 11.3 Å². The quantitative estimate of drug-likeness (QED) is 0.795. The fourth-order valence-corrected chi connectivity index (χ4v) is 3.96. The molecule has 0 fully saturated rings. The molecule has 0 atom stereocenters. The number of hydrogen-bond donors (Lipinski definition) is 2. The van der Waals surface area contributed by atoms with E-state index in [1.54, 1.807) is 29.1 Å². The molecular weight excluding hydrogens is 356 g/mol. The molecule has 8 heteroatoms. The van der Waals surface area contributed by atoms with Crippen LogP contribution in [0.1, 0.15) is 11.3 Å². The highest BCUT2D eigenvalue weighted by molar-refractivity contribution is 9.10. The molecule has 3 N–H and O–H groups in total. The van der Waals surface area contributed by atoms with Crippen molar-refractivity contribution in [2.75, 3.05) is 6.54 Å². The molecule has 1 aromatic heterocycles. The minimum absolute atomic E-state index is 0.204. The summed E-state index contributed by atoms with van der Waals surface area (Å²) in [6.45, 7) is 0.603. The molecule has 0 aliphatic heterocycles. The van der Waals surface area contributed by atoms with Gasteiger partial charge in [0.15, 0.2) is 0 Å². The summed E-state index contributed by atoms with van der Waals surface area (Å²) in [5, 5.41) is 4.04. The van der Waals surface area contributed by atoms with Crippen molar-refractivity contribution in [2.45, 2.75) is 17.9 Å². The van der Waals surface area contributed by atoms with Crippen LogP contribution in [-0.4, -0.2) is 24.7 Å². The Balaban J connectivity index is 2.10. The Kier molecular flexibility index (Phi) is 5.15. The first-order chi connectivity index (χ1) is 9.94. The highest BCUT2D eigenvalue weighted by Crippen LogP contribution is 2.23. The Labute approximate surface area is 132 Å². The van der Waals surface area contributed by atoms with Gasteiger partial charge in [-0.25, -0.2) is 13.1 Å². The maximum atomic E-state index is 12.3. The van der Waals surface area contributed by atoms with E-state index in [0.29, 0.717) is 24.0 Å². The van der Waals surface area contributed by atoms with Crippen LogP contribution in [0.25, 0.3) is 0 Å². The van der Waals surface area contributed by atoms with Crippen molar-refractivity contribution in [2.24, 2.45) is 12.8 Å². The summed E-state index contributed by atoms with van der Waals surface area (Å²) in [4.78, 5) is 0.204. The number of aromatic nitrogens is 2. The monoisotopic (exact) mass is 372 g/mol. The zero-order valence-electron chi connectivity index (χ0n) is 11.6. The third kappa shape index (κ3) is 3.91. The van der Waals surface area contributed by atoms with Gasteiger partial charge in [0, 0.05) is 42.9 Å². The second kappa shape index (κ2) is 6.69. The van der Waals surface area contributed by atoms with Gasteiger partial charge in [-0.3, -0.25) is 4.68 Å². The molecule has 2 rings (SSSR count). The van der Waals surface area contributed by atoms with Gasteiger partial charge in [0.1, 0.15) is 0 Å². The lowest BCUT2D eigenvalue weighted by molar-refractivity contribution is 0.579. The predicted octanol–water partition coefficient (Wildman–Crippen LogP) is 1.16. The molecule has 6 nitrogen and oxygen atoms in total. The second-order valence-electron chi connectivity index (χ2n) is 4.56. The van der Waals surface area contributed by atoms with Crippen molar-refractivity contribution >= 4 is 26.0 Å². The van der Waals surface area contributed by atoms with Crippen LogP contribution in [0.4, 0.5) is 0 Å². The predicted molar refractivity (Wildman–Crippen MR) is 84.1 cm³/mol. The van der Waals surface area contributed by atoms with Crippen LogP contribution in [0, 0.1) is 0 Å². The molecule has 21 heavy (non-hydrogen) atoms. The first kappa shape index (κ1) is 16.2. The summed E-state index contributed by atoms with van der Waals surface area (Å²) < 4.78 is 29.5. The van der Waals surface area contributed by atoms with E-state index < -0.39 is 10.0 Å². The maximum absolute atomic E-state index is 12.3. The van der Waals surface area contributed by atoms with Crippen LogP contribution in [0.5, 0.6) is 0 Å². The number of nitrogens with two attached hydrogens (primary N) is 1. The second-order valence-corrected chi connectivity index (χ2v) is 7.15. The normalized spacial score (nSPS) is 11.8. The number of nitrogens with zero attached hydrogens (tertiary/aromatic N) is 2. The van der Waals surface area contributed by atoms with Gasteiger partial charge in [-0.2, -0.15) is 5.10 Å². The van der Waals surface area contributed by atoms with Crippen molar-refractivity contribution in [3.05, 3.63) is 46.2 Å². The van der Waals surface area contributed by atoms with Gasteiger partial charge in [-0.1, -0.05) is 6.07 Å². The van der Waals surface area contributed by atoms with E-state index >= 15 is 0 Å². The number of sulfonamides is 1. The molecule has 0 saturated heterocycles. The standard InChI is InChI=1S/C13H17BrN4O2S/c1-18-11(4-6-16-18)5-7-17-21(19,20)13-8-10(9-15)2-3-12(13)14/h2-4,6,8,17H,5,7,9,15H2,1H3. The van der Waals surface area contributed by atoms with Crippen LogP contribution in [0.15, 0.2) is 39.8 Å². The summed E-state index contributed by atoms with van der Waals surface area (Å²) in [6, 6.07) is 6.92. The van der Waals surface area contributed by atoms with Crippen LogP contribution < -0.4 is 10.5 Å². The molecule has 0 saturated carbocycles. The molecule has 2 aromatic rings. The van der Waals surface area contributed by atoms with Crippen molar-refractivity contribution in [1.29, 1.82) is 0 Å². The van der Waals surface area contributed by atoms with Gasteiger partial charge in [-0.05, 0) is 39.7 Å². The van der Waals surface area contributed by atoms with Crippen LogP contribution in [-0.2, 0) is 30.0 Å². The first-order valence-corrected chi connectivity index (χ1v) is 8.66. The lowest BCUT2D eigenvalue weighted by atomic mass is 10.2. The SMILES string of the molecule is Cn1nccc1CCNS(=O)(=O)c1cc(CN)ccc1Br. The minimum Gasteiger partial charge on any atom is -0.326 e.